The second-order valence-corrected chi connectivity index (χ2v) is 18.4. The summed E-state index contributed by atoms with van der Waals surface area (Å²) < 4.78 is 52.0. The predicted molar refractivity (Wildman–Crippen MR) is 193 cm³/mol. The number of ether oxygens (including phenoxy) is 8. The van der Waals surface area contributed by atoms with Crippen molar-refractivity contribution in [1.82, 2.24) is 0 Å². The zero-order valence-corrected chi connectivity index (χ0v) is 33.8. The smallest absolute Gasteiger partial charge is 0.317 e. The summed E-state index contributed by atoms with van der Waals surface area (Å²) in [6, 6.07) is 0. The van der Waals surface area contributed by atoms with Crippen molar-refractivity contribution in [1.29, 1.82) is 0 Å². The molecule has 17 atom stereocenters. The summed E-state index contributed by atoms with van der Waals surface area (Å²) in [5.74, 6) is -2.35. The normalized spacial score (nSPS) is 49.9. The third kappa shape index (κ3) is 7.24. The third-order valence-electron chi connectivity index (χ3n) is 13.3. The van der Waals surface area contributed by atoms with Crippen LogP contribution >= 0.6 is 0 Å². The number of carbonyl (C=O) groups excluding carboxylic acids is 1. The monoisotopic (exact) mass is 736 g/mol. The highest BCUT2D eigenvalue weighted by molar-refractivity contribution is 5.76. The minimum Gasteiger partial charge on any atom is -0.489 e. The molecule has 5 saturated heterocycles. The third-order valence-corrected chi connectivity index (χ3v) is 13.3. The lowest BCUT2D eigenvalue weighted by atomic mass is 9.71. The number of esters is 1. The molecule has 0 aromatic carbocycles. The standard InChI is InChI=1S/C41H68O11/c1-13-29-39(11,44)34(42)25(7)32-23(5)19-38(10,50-32)35(48-30-18-28(17-24(6)46-30)16-22(4)15-14-21(2)3)26(8)33-31(37(43)47-29)40(51-33)20-41(45-12)36(52-41)27(9)49-40/h21-22,24-31,33-36,42,44H,13-20H2,1-12H3/t22?,24?,25-,26-,27?,28?,29+,30?,31+,33-,34+,35+,36?,38+,39+,40?,41?/m0/s1. The first kappa shape index (κ1) is 40.4. The van der Waals surface area contributed by atoms with Gasteiger partial charge in [-0.25, -0.2) is 0 Å². The van der Waals surface area contributed by atoms with Crippen LogP contribution in [0.5, 0.6) is 0 Å². The molecule has 2 bridgehead atoms. The molecule has 0 aromatic rings. The molecule has 8 unspecified atom stereocenters. The molecule has 11 nitrogen and oxygen atoms in total. The summed E-state index contributed by atoms with van der Waals surface area (Å²) in [6.45, 7) is 22.2. The minimum absolute atomic E-state index is 0.0296. The molecule has 0 radical (unpaired) electrons. The Morgan fingerprint density at radius 1 is 1.02 bits per heavy atom. The van der Waals surface area contributed by atoms with Crippen LogP contribution in [0.3, 0.4) is 0 Å². The average Bonchev–Trinajstić information content (AvgIpc) is 3.72. The highest BCUT2D eigenvalue weighted by atomic mass is 16.8. The number of fused-ring (bicyclic) bond motifs is 5. The van der Waals surface area contributed by atoms with E-state index in [-0.39, 0.29) is 31.0 Å². The Labute approximate surface area is 311 Å². The number of cyclic esters (lactones) is 1. The maximum atomic E-state index is 14.6. The van der Waals surface area contributed by atoms with Crippen molar-refractivity contribution in [2.45, 2.75) is 199 Å². The van der Waals surface area contributed by atoms with Gasteiger partial charge < -0.3 is 48.1 Å². The molecule has 0 aromatic heterocycles. The lowest BCUT2D eigenvalue weighted by Gasteiger charge is -2.58. The fourth-order valence-electron chi connectivity index (χ4n) is 10.6. The number of epoxide rings is 1. The van der Waals surface area contributed by atoms with Crippen molar-refractivity contribution in [2.75, 3.05) is 7.11 Å². The van der Waals surface area contributed by atoms with Crippen LogP contribution in [-0.4, -0.2) is 95.1 Å². The maximum Gasteiger partial charge on any atom is 0.317 e. The lowest BCUT2D eigenvalue weighted by Crippen LogP contribution is -2.72. The Bertz CT molecular complexity index is 1330. The fraction of sp³-hybridized carbons (Fsp3) is 0.927. The van der Waals surface area contributed by atoms with E-state index in [1.54, 1.807) is 7.11 Å². The molecule has 298 valence electrons. The van der Waals surface area contributed by atoms with Crippen LogP contribution in [0.15, 0.2) is 11.3 Å². The average molecular weight is 737 g/mol. The molecule has 6 heterocycles. The summed E-state index contributed by atoms with van der Waals surface area (Å²) in [4.78, 5) is 14.6. The molecule has 11 heteroatoms. The van der Waals surface area contributed by atoms with Gasteiger partial charge in [-0.05, 0) is 77.2 Å². The van der Waals surface area contributed by atoms with Crippen LogP contribution in [0.25, 0.3) is 0 Å². The van der Waals surface area contributed by atoms with Gasteiger partial charge in [0, 0.05) is 31.8 Å². The molecule has 6 rings (SSSR count). The van der Waals surface area contributed by atoms with Crippen LogP contribution in [0.2, 0.25) is 0 Å². The minimum atomic E-state index is -1.78. The van der Waals surface area contributed by atoms with E-state index in [4.69, 9.17) is 37.9 Å². The van der Waals surface area contributed by atoms with Gasteiger partial charge in [0.25, 0.3) is 0 Å². The molecule has 5 fully saturated rings. The van der Waals surface area contributed by atoms with Gasteiger partial charge in [-0.3, -0.25) is 4.79 Å². The fourth-order valence-corrected chi connectivity index (χ4v) is 10.6. The van der Waals surface area contributed by atoms with Crippen molar-refractivity contribution in [3.8, 4) is 0 Å². The van der Waals surface area contributed by atoms with Gasteiger partial charge in [-0.1, -0.05) is 54.4 Å². The van der Waals surface area contributed by atoms with E-state index in [1.165, 1.54) is 19.8 Å². The van der Waals surface area contributed by atoms with E-state index in [1.807, 2.05) is 41.5 Å². The van der Waals surface area contributed by atoms with Gasteiger partial charge in [0.1, 0.15) is 41.2 Å². The van der Waals surface area contributed by atoms with E-state index in [2.05, 4.69) is 27.7 Å². The predicted octanol–water partition coefficient (Wildman–Crippen LogP) is 6.41. The highest BCUT2D eigenvalue weighted by Gasteiger charge is 2.77. The number of methoxy groups -OCH3 is 1. The van der Waals surface area contributed by atoms with Crippen molar-refractivity contribution >= 4 is 5.97 Å². The van der Waals surface area contributed by atoms with Gasteiger partial charge in [-0.2, -0.15) is 0 Å². The topological polar surface area (TPSA) is 135 Å². The molecular formula is C41H68O11. The van der Waals surface area contributed by atoms with E-state index >= 15 is 0 Å². The van der Waals surface area contributed by atoms with E-state index in [0.29, 0.717) is 29.9 Å². The van der Waals surface area contributed by atoms with E-state index in [0.717, 1.165) is 24.8 Å². The Kier molecular flexibility index (Phi) is 11.4. The summed E-state index contributed by atoms with van der Waals surface area (Å²) in [5.41, 5.74) is -1.69. The summed E-state index contributed by atoms with van der Waals surface area (Å²) in [7, 11) is 1.60. The number of aliphatic hydroxyl groups is 2. The first-order valence-corrected chi connectivity index (χ1v) is 20.2. The quantitative estimate of drug-likeness (QED) is 0.201. The summed E-state index contributed by atoms with van der Waals surface area (Å²) in [6.07, 6.45) is 1.63. The van der Waals surface area contributed by atoms with Crippen molar-refractivity contribution < 1.29 is 52.9 Å². The van der Waals surface area contributed by atoms with Crippen molar-refractivity contribution in [3.63, 3.8) is 0 Å². The van der Waals surface area contributed by atoms with E-state index in [9.17, 15) is 15.0 Å². The molecule has 52 heavy (non-hydrogen) atoms. The molecule has 0 aliphatic carbocycles. The molecule has 6 aliphatic heterocycles. The molecule has 6 aliphatic rings. The second kappa shape index (κ2) is 14.6. The van der Waals surface area contributed by atoms with Gasteiger partial charge >= 0.3 is 5.97 Å². The van der Waals surface area contributed by atoms with Crippen LogP contribution < -0.4 is 0 Å². The van der Waals surface area contributed by atoms with Gasteiger partial charge in [0.15, 0.2) is 12.1 Å². The Balaban J connectivity index is 1.35. The first-order valence-electron chi connectivity index (χ1n) is 20.2. The van der Waals surface area contributed by atoms with Gasteiger partial charge in [0.05, 0.1) is 30.8 Å². The lowest BCUT2D eigenvalue weighted by molar-refractivity contribution is -0.420. The zero-order valence-electron chi connectivity index (χ0n) is 33.8. The summed E-state index contributed by atoms with van der Waals surface area (Å²) >= 11 is 0. The number of aliphatic hydroxyl groups excluding tert-OH is 1. The number of hydrogen-bond donors (Lipinski definition) is 2. The molecule has 1 spiro atoms. The number of rotatable bonds is 9. The molecule has 0 amide bonds. The summed E-state index contributed by atoms with van der Waals surface area (Å²) in [5, 5.41) is 23.7. The van der Waals surface area contributed by atoms with Crippen molar-refractivity contribution in [2.24, 2.45) is 35.5 Å². The Morgan fingerprint density at radius 2 is 1.73 bits per heavy atom. The highest BCUT2D eigenvalue weighted by Crippen LogP contribution is 2.61. The number of carbonyl (C=O) groups is 1. The molecule has 0 saturated carbocycles. The molecular weight excluding hydrogens is 668 g/mol. The Hall–Kier alpha value is -1.31. The zero-order chi connectivity index (χ0) is 38.1. The first-order chi connectivity index (χ1) is 24.3. The van der Waals surface area contributed by atoms with Crippen LogP contribution in [-0.2, 0) is 42.7 Å². The van der Waals surface area contributed by atoms with Crippen LogP contribution in [0, 0.1) is 35.5 Å². The second-order valence-electron chi connectivity index (χ2n) is 18.4. The van der Waals surface area contributed by atoms with Gasteiger partial charge in [0.2, 0.25) is 5.79 Å². The van der Waals surface area contributed by atoms with Crippen LogP contribution in [0.4, 0.5) is 0 Å². The maximum absolute atomic E-state index is 14.6. The van der Waals surface area contributed by atoms with Crippen molar-refractivity contribution in [3.05, 3.63) is 11.3 Å². The van der Waals surface area contributed by atoms with Gasteiger partial charge in [-0.15, -0.1) is 0 Å². The largest absolute Gasteiger partial charge is 0.489 e. The van der Waals surface area contributed by atoms with E-state index < -0.39 is 77.4 Å². The Morgan fingerprint density at radius 3 is 2.38 bits per heavy atom. The molecule has 2 N–H and O–H groups in total. The number of hydrogen-bond acceptors (Lipinski definition) is 11. The van der Waals surface area contributed by atoms with Crippen LogP contribution in [0.1, 0.15) is 128 Å². The SMILES string of the molecule is CC[C@H]1OC(=O)[C@H]2[C@@H](OC23CC2(OC)OC2C(C)O3)[C@H](C)[C@@H](OC2CC(CC(C)CCC(C)C)CC(C)O2)[C@@]2(C)CC(C)=C(O2)[C@H](C)[C@@H](O)[C@]1(C)O.